The lowest BCUT2D eigenvalue weighted by Crippen LogP contribution is -2.32. The smallest absolute Gasteiger partial charge is 0.325 e. The quantitative estimate of drug-likeness (QED) is 0.925. The van der Waals surface area contributed by atoms with Gasteiger partial charge in [0.05, 0.1) is 5.56 Å². The average molecular weight is 299 g/mol. The maximum absolute atomic E-state index is 12.6. The number of halogens is 3. The van der Waals surface area contributed by atoms with E-state index in [-0.39, 0.29) is 18.0 Å². The Kier molecular flexibility index (Phi) is 5.22. The first-order valence-electron chi connectivity index (χ1n) is 7.06. The maximum Gasteiger partial charge on any atom is 0.416 e. The molecule has 1 aromatic rings. The van der Waals surface area contributed by atoms with Crippen molar-refractivity contribution >= 4 is 11.6 Å². The van der Waals surface area contributed by atoms with E-state index in [1.807, 2.05) is 0 Å². The number of piperidine rings is 1. The number of nitrogens with one attached hydrogen (secondary N) is 1. The molecule has 115 valence electrons. The third kappa shape index (κ3) is 5.04. The number of nitrogens with zero attached hydrogens (tertiary/aromatic N) is 1. The molecule has 0 unspecified atom stereocenters. The first kappa shape index (κ1) is 15.8. The van der Waals surface area contributed by atoms with Gasteiger partial charge < -0.3 is 10.2 Å². The Hall–Kier alpha value is -1.56. The summed E-state index contributed by atoms with van der Waals surface area (Å²) >= 11 is 0. The zero-order valence-electron chi connectivity index (χ0n) is 11.7. The summed E-state index contributed by atoms with van der Waals surface area (Å²) in [4.78, 5) is 14.0. The van der Waals surface area contributed by atoms with Crippen LogP contribution < -0.4 is 5.32 Å². The van der Waals surface area contributed by atoms with E-state index in [1.165, 1.54) is 12.5 Å². The summed E-state index contributed by atoms with van der Waals surface area (Å²) in [6, 6.07) is 5.61. The zero-order valence-corrected chi connectivity index (χ0v) is 11.7. The summed E-state index contributed by atoms with van der Waals surface area (Å²) in [5, 5.41) is 2.47. The first-order chi connectivity index (χ1) is 9.95. The fraction of sp³-hybridized carbons (Fsp3) is 0.533. The molecule has 1 amide bonds. The Morgan fingerprint density at radius 1 is 1.29 bits per heavy atom. The molecule has 1 fully saturated rings. The molecule has 0 aromatic heterocycles. The van der Waals surface area contributed by atoms with Gasteiger partial charge in [-0.1, -0.05) is 12.5 Å². The minimum atomic E-state index is -4.41. The van der Waals surface area contributed by atoms with E-state index in [4.69, 9.17) is 0 Å². The number of hydrogen-bond donors (Lipinski definition) is 1. The Bertz CT molecular complexity index is 482. The number of likely N-dealkylation sites (tertiary alicyclic amines) is 1. The highest BCUT2D eigenvalue weighted by Gasteiger charge is 2.30. The summed E-state index contributed by atoms with van der Waals surface area (Å²) in [7, 11) is 0. The van der Waals surface area contributed by atoms with Crippen LogP contribution in [0.2, 0.25) is 0 Å². The summed E-state index contributed by atoms with van der Waals surface area (Å²) in [5.74, 6) is -0.281. The largest absolute Gasteiger partial charge is 0.416 e. The highest BCUT2D eigenvalue weighted by Crippen LogP contribution is 2.30. The molecule has 21 heavy (non-hydrogen) atoms. The minimum Gasteiger partial charge on any atom is -0.325 e. The number of rotatable bonds is 4. The van der Waals surface area contributed by atoms with Crippen LogP contribution in [-0.2, 0) is 11.0 Å². The van der Waals surface area contributed by atoms with Crippen molar-refractivity contribution in [2.45, 2.75) is 31.9 Å². The summed E-state index contributed by atoms with van der Waals surface area (Å²) in [6.45, 7) is 2.62. The lowest BCUT2D eigenvalue weighted by Gasteiger charge is -2.25. The molecule has 2 rings (SSSR count). The predicted molar refractivity (Wildman–Crippen MR) is 73.8 cm³/mol. The minimum absolute atomic E-state index is 0.0634. The number of amides is 1. The van der Waals surface area contributed by atoms with Crippen LogP contribution in [0.1, 0.15) is 31.2 Å². The van der Waals surface area contributed by atoms with E-state index in [0.29, 0.717) is 6.54 Å². The van der Waals surface area contributed by atoms with E-state index in [0.717, 1.165) is 38.1 Å². The van der Waals surface area contributed by atoms with Gasteiger partial charge in [-0.05, 0) is 38.1 Å². The molecule has 1 N–H and O–H groups in total. The van der Waals surface area contributed by atoms with Crippen molar-refractivity contribution in [2.24, 2.45) is 0 Å². The van der Waals surface area contributed by atoms with Crippen molar-refractivity contribution < 1.29 is 18.0 Å². The molecule has 1 aliphatic heterocycles. The second-order valence-electron chi connectivity index (χ2n) is 5.19. The van der Waals surface area contributed by atoms with Crippen molar-refractivity contribution in [2.75, 3.05) is 25.0 Å². The molecular weight excluding hydrogens is 281 g/mol. The van der Waals surface area contributed by atoms with E-state index in [2.05, 4.69) is 16.3 Å². The SMILES string of the molecule is O=C(CCN1CCCCC1)Nc1[c]ccc(C(F)(F)F)c1. The maximum atomic E-state index is 12.6. The molecule has 0 atom stereocenters. The molecule has 1 aromatic carbocycles. The standard InChI is InChI=1S/C15H18F3N2O/c16-15(17,18)12-5-4-6-13(11-12)19-14(21)7-10-20-8-2-1-3-9-20/h4-5,11H,1-3,7-10H2,(H,19,21). The molecule has 0 spiro atoms. The predicted octanol–water partition coefficient (Wildman–Crippen LogP) is 3.32. The van der Waals surface area contributed by atoms with Gasteiger partial charge in [-0.3, -0.25) is 4.79 Å². The molecule has 0 bridgehead atoms. The van der Waals surface area contributed by atoms with Crippen molar-refractivity contribution in [3.63, 3.8) is 0 Å². The van der Waals surface area contributed by atoms with Crippen LogP contribution in [0.4, 0.5) is 18.9 Å². The van der Waals surface area contributed by atoms with Crippen LogP contribution in [0, 0.1) is 6.07 Å². The van der Waals surface area contributed by atoms with E-state index in [9.17, 15) is 18.0 Å². The summed E-state index contributed by atoms with van der Waals surface area (Å²) in [5.41, 5.74) is -0.721. The van der Waals surface area contributed by atoms with Crippen molar-refractivity contribution in [3.8, 4) is 0 Å². The third-order valence-electron chi connectivity index (χ3n) is 3.51. The summed E-state index contributed by atoms with van der Waals surface area (Å²) < 4.78 is 37.7. The number of carbonyl (C=O) groups is 1. The third-order valence-corrected chi connectivity index (χ3v) is 3.51. The van der Waals surface area contributed by atoms with Crippen LogP contribution in [0.3, 0.4) is 0 Å². The van der Waals surface area contributed by atoms with Crippen LogP contribution in [0.5, 0.6) is 0 Å². The van der Waals surface area contributed by atoms with Gasteiger partial charge in [0.15, 0.2) is 0 Å². The van der Waals surface area contributed by atoms with Gasteiger partial charge in [0, 0.05) is 24.7 Å². The van der Waals surface area contributed by atoms with Gasteiger partial charge in [-0.25, -0.2) is 0 Å². The van der Waals surface area contributed by atoms with Gasteiger partial charge in [-0.15, -0.1) is 0 Å². The second kappa shape index (κ2) is 6.93. The van der Waals surface area contributed by atoms with Crippen molar-refractivity contribution in [1.82, 2.24) is 4.90 Å². The molecule has 1 heterocycles. The molecule has 1 radical (unpaired) electrons. The average Bonchev–Trinajstić information content (AvgIpc) is 2.46. The highest BCUT2D eigenvalue weighted by molar-refractivity contribution is 5.90. The lowest BCUT2D eigenvalue weighted by molar-refractivity contribution is -0.137. The van der Waals surface area contributed by atoms with Crippen molar-refractivity contribution in [1.29, 1.82) is 0 Å². The fourth-order valence-electron chi connectivity index (χ4n) is 2.37. The van der Waals surface area contributed by atoms with Crippen LogP contribution in [0.25, 0.3) is 0 Å². The van der Waals surface area contributed by atoms with Gasteiger partial charge in [-0.2, -0.15) is 13.2 Å². The Balaban J connectivity index is 1.84. The molecule has 3 nitrogen and oxygen atoms in total. The Morgan fingerprint density at radius 2 is 2.00 bits per heavy atom. The second-order valence-corrected chi connectivity index (χ2v) is 5.19. The molecule has 1 aliphatic rings. The van der Waals surface area contributed by atoms with Gasteiger partial charge in [0.25, 0.3) is 0 Å². The van der Waals surface area contributed by atoms with Crippen LogP contribution in [-0.4, -0.2) is 30.4 Å². The molecule has 0 aliphatic carbocycles. The van der Waals surface area contributed by atoms with Crippen molar-refractivity contribution in [3.05, 3.63) is 29.8 Å². The summed E-state index contributed by atoms with van der Waals surface area (Å²) in [6.07, 6.45) is -0.625. The Morgan fingerprint density at radius 3 is 2.67 bits per heavy atom. The first-order valence-corrected chi connectivity index (χ1v) is 7.06. The number of carbonyl (C=O) groups excluding carboxylic acids is 1. The molecule has 1 saturated heterocycles. The number of benzene rings is 1. The van der Waals surface area contributed by atoms with E-state index < -0.39 is 11.7 Å². The number of anilines is 1. The molecule has 0 saturated carbocycles. The highest BCUT2D eigenvalue weighted by atomic mass is 19.4. The fourth-order valence-corrected chi connectivity index (χ4v) is 2.37. The van der Waals surface area contributed by atoms with E-state index in [1.54, 1.807) is 0 Å². The normalized spacial score (nSPS) is 16.7. The van der Waals surface area contributed by atoms with Crippen LogP contribution >= 0.6 is 0 Å². The zero-order chi connectivity index (χ0) is 15.3. The van der Waals surface area contributed by atoms with E-state index >= 15 is 0 Å². The van der Waals surface area contributed by atoms with Crippen LogP contribution in [0.15, 0.2) is 18.2 Å². The molecule has 6 heteroatoms. The Labute approximate surface area is 122 Å². The number of hydrogen-bond acceptors (Lipinski definition) is 2. The van der Waals surface area contributed by atoms with Gasteiger partial charge >= 0.3 is 6.18 Å². The van der Waals surface area contributed by atoms with Gasteiger partial charge in [0.1, 0.15) is 0 Å². The van der Waals surface area contributed by atoms with Gasteiger partial charge in [0.2, 0.25) is 5.91 Å². The lowest BCUT2D eigenvalue weighted by atomic mass is 10.1. The monoisotopic (exact) mass is 299 g/mol. The molecular formula is C15H18F3N2O. The topological polar surface area (TPSA) is 32.3 Å². The number of alkyl halides is 3.